The molecule has 1 aliphatic rings. The third kappa shape index (κ3) is 3.60. The lowest BCUT2D eigenvalue weighted by atomic mass is 10.2. The Bertz CT molecular complexity index is 349. The minimum atomic E-state index is 0.155. The molecule has 1 aliphatic heterocycles. The third-order valence-electron chi connectivity index (χ3n) is 2.65. The summed E-state index contributed by atoms with van der Waals surface area (Å²) in [6.45, 7) is 5.70. The smallest absolute Gasteiger partial charge is 0.168 e. The Kier molecular flexibility index (Phi) is 4.20. The molecule has 0 bridgehead atoms. The van der Waals surface area contributed by atoms with Crippen LogP contribution in [0.25, 0.3) is 0 Å². The number of pyridine rings is 1. The number of hydrogen-bond donors (Lipinski definition) is 1. The van der Waals surface area contributed by atoms with Gasteiger partial charge in [0.1, 0.15) is 0 Å². The maximum Gasteiger partial charge on any atom is 0.168 e. The summed E-state index contributed by atoms with van der Waals surface area (Å²) < 4.78 is 11.3. The van der Waals surface area contributed by atoms with Crippen LogP contribution in [0.1, 0.15) is 26.7 Å². The summed E-state index contributed by atoms with van der Waals surface area (Å²) in [5.74, 6) is 1.61. The van der Waals surface area contributed by atoms with Gasteiger partial charge in [-0.15, -0.1) is 0 Å². The number of anilines is 1. The van der Waals surface area contributed by atoms with Crippen molar-refractivity contribution in [3.05, 3.63) is 18.3 Å². The molecule has 1 unspecified atom stereocenters. The highest BCUT2D eigenvalue weighted by Gasteiger charge is 2.16. The molecule has 1 saturated heterocycles. The maximum atomic E-state index is 5.69. The molecular weight excluding hydrogens is 216 g/mol. The van der Waals surface area contributed by atoms with Gasteiger partial charge in [-0.1, -0.05) is 0 Å². The Labute approximate surface area is 102 Å². The highest BCUT2D eigenvalue weighted by Crippen LogP contribution is 2.23. The first-order valence-electron chi connectivity index (χ1n) is 6.23. The Morgan fingerprint density at radius 1 is 1.59 bits per heavy atom. The third-order valence-corrected chi connectivity index (χ3v) is 2.65. The Morgan fingerprint density at radius 3 is 3.18 bits per heavy atom. The summed E-state index contributed by atoms with van der Waals surface area (Å²) in [7, 11) is 0. The fourth-order valence-corrected chi connectivity index (χ4v) is 1.89. The van der Waals surface area contributed by atoms with E-state index < -0.39 is 0 Å². The van der Waals surface area contributed by atoms with Gasteiger partial charge in [-0.2, -0.15) is 0 Å². The van der Waals surface area contributed by atoms with Crippen LogP contribution < -0.4 is 10.1 Å². The van der Waals surface area contributed by atoms with Crippen LogP contribution in [0.15, 0.2) is 18.3 Å². The standard InChI is InChI=1S/C13H20N2O2/c1-10(2)17-12-6-3-7-14-13(12)15-9-11-5-4-8-16-11/h3,6-7,10-11H,4-5,8-9H2,1-2H3,(H,14,15). The van der Waals surface area contributed by atoms with Crippen LogP contribution in [0.3, 0.4) is 0 Å². The summed E-state index contributed by atoms with van der Waals surface area (Å²) in [5.41, 5.74) is 0. The number of nitrogens with one attached hydrogen (secondary N) is 1. The summed E-state index contributed by atoms with van der Waals surface area (Å²) in [4.78, 5) is 4.30. The van der Waals surface area contributed by atoms with Crippen molar-refractivity contribution < 1.29 is 9.47 Å². The van der Waals surface area contributed by atoms with Crippen LogP contribution >= 0.6 is 0 Å². The summed E-state index contributed by atoms with van der Waals surface area (Å²) in [6, 6.07) is 3.82. The number of ether oxygens (including phenoxy) is 2. The van der Waals surface area contributed by atoms with Gasteiger partial charge < -0.3 is 14.8 Å². The largest absolute Gasteiger partial charge is 0.487 e. The number of nitrogens with zero attached hydrogens (tertiary/aromatic N) is 1. The molecule has 0 aliphatic carbocycles. The molecule has 0 saturated carbocycles. The van der Waals surface area contributed by atoms with Crippen molar-refractivity contribution >= 4 is 5.82 Å². The second-order valence-corrected chi connectivity index (χ2v) is 4.53. The Morgan fingerprint density at radius 2 is 2.47 bits per heavy atom. The highest BCUT2D eigenvalue weighted by atomic mass is 16.5. The van der Waals surface area contributed by atoms with Crippen molar-refractivity contribution in [1.29, 1.82) is 0 Å². The van der Waals surface area contributed by atoms with Gasteiger partial charge in [0, 0.05) is 19.3 Å². The first-order valence-corrected chi connectivity index (χ1v) is 6.23. The van der Waals surface area contributed by atoms with E-state index >= 15 is 0 Å². The van der Waals surface area contributed by atoms with Gasteiger partial charge in [-0.3, -0.25) is 0 Å². The van der Waals surface area contributed by atoms with E-state index in [9.17, 15) is 0 Å². The summed E-state index contributed by atoms with van der Waals surface area (Å²) in [6.07, 6.45) is 4.51. The van der Waals surface area contributed by atoms with Crippen LogP contribution in [-0.2, 0) is 4.74 Å². The lowest BCUT2D eigenvalue weighted by molar-refractivity contribution is 0.120. The molecule has 1 N–H and O–H groups in total. The van der Waals surface area contributed by atoms with Gasteiger partial charge in [-0.05, 0) is 38.8 Å². The fraction of sp³-hybridized carbons (Fsp3) is 0.615. The summed E-state index contributed by atoms with van der Waals surface area (Å²) >= 11 is 0. The first kappa shape index (κ1) is 12.2. The van der Waals surface area contributed by atoms with Crippen LogP contribution in [0.4, 0.5) is 5.82 Å². The van der Waals surface area contributed by atoms with Gasteiger partial charge in [0.05, 0.1) is 12.2 Å². The molecule has 2 rings (SSSR count). The van der Waals surface area contributed by atoms with Crippen LogP contribution in [0.2, 0.25) is 0 Å². The molecule has 1 aromatic rings. The quantitative estimate of drug-likeness (QED) is 0.853. The molecule has 1 fully saturated rings. The van der Waals surface area contributed by atoms with Crippen molar-refractivity contribution in [3.63, 3.8) is 0 Å². The van der Waals surface area contributed by atoms with Gasteiger partial charge in [-0.25, -0.2) is 4.98 Å². The molecule has 94 valence electrons. The number of aromatic nitrogens is 1. The molecule has 17 heavy (non-hydrogen) atoms. The second kappa shape index (κ2) is 5.87. The molecule has 1 aromatic heterocycles. The predicted molar refractivity (Wildman–Crippen MR) is 67.5 cm³/mol. The minimum absolute atomic E-state index is 0.155. The number of hydrogen-bond acceptors (Lipinski definition) is 4. The normalized spacial score (nSPS) is 19.6. The zero-order chi connectivity index (χ0) is 12.1. The molecule has 2 heterocycles. The molecule has 0 amide bonds. The van der Waals surface area contributed by atoms with E-state index in [0.29, 0.717) is 6.10 Å². The lowest BCUT2D eigenvalue weighted by Gasteiger charge is -2.16. The van der Waals surface area contributed by atoms with E-state index in [-0.39, 0.29) is 6.10 Å². The van der Waals surface area contributed by atoms with E-state index in [1.807, 2.05) is 26.0 Å². The molecule has 0 radical (unpaired) electrons. The highest BCUT2D eigenvalue weighted by molar-refractivity contribution is 5.49. The topological polar surface area (TPSA) is 43.4 Å². The van der Waals surface area contributed by atoms with Gasteiger partial charge in [0.25, 0.3) is 0 Å². The van der Waals surface area contributed by atoms with E-state index in [1.54, 1.807) is 6.20 Å². The Balaban J connectivity index is 1.94. The monoisotopic (exact) mass is 236 g/mol. The first-order chi connectivity index (χ1) is 8.25. The van der Waals surface area contributed by atoms with E-state index in [4.69, 9.17) is 9.47 Å². The van der Waals surface area contributed by atoms with Gasteiger partial charge in [0.15, 0.2) is 11.6 Å². The van der Waals surface area contributed by atoms with Crippen molar-refractivity contribution in [1.82, 2.24) is 4.98 Å². The molecule has 0 aromatic carbocycles. The van der Waals surface area contributed by atoms with E-state index in [1.165, 1.54) is 0 Å². The average Bonchev–Trinajstić information content (AvgIpc) is 2.80. The van der Waals surface area contributed by atoms with Crippen molar-refractivity contribution in [2.45, 2.75) is 38.9 Å². The van der Waals surface area contributed by atoms with Crippen molar-refractivity contribution in [2.24, 2.45) is 0 Å². The molecule has 4 nitrogen and oxygen atoms in total. The van der Waals surface area contributed by atoms with Crippen LogP contribution in [-0.4, -0.2) is 30.3 Å². The molecule has 1 atom stereocenters. The predicted octanol–water partition coefficient (Wildman–Crippen LogP) is 2.46. The molecule has 0 spiro atoms. The Hall–Kier alpha value is -1.29. The maximum absolute atomic E-state index is 5.69. The SMILES string of the molecule is CC(C)Oc1cccnc1NCC1CCCO1. The molecule has 4 heteroatoms. The van der Waals surface area contributed by atoms with E-state index in [2.05, 4.69) is 10.3 Å². The number of rotatable bonds is 5. The van der Waals surface area contributed by atoms with Crippen LogP contribution in [0, 0.1) is 0 Å². The minimum Gasteiger partial charge on any atom is -0.487 e. The average molecular weight is 236 g/mol. The van der Waals surface area contributed by atoms with Gasteiger partial charge >= 0.3 is 0 Å². The second-order valence-electron chi connectivity index (χ2n) is 4.53. The van der Waals surface area contributed by atoms with Crippen molar-refractivity contribution in [3.8, 4) is 5.75 Å². The lowest BCUT2D eigenvalue weighted by Crippen LogP contribution is -2.19. The zero-order valence-electron chi connectivity index (χ0n) is 10.5. The zero-order valence-corrected chi connectivity index (χ0v) is 10.5. The summed E-state index contributed by atoms with van der Waals surface area (Å²) in [5, 5.41) is 3.30. The van der Waals surface area contributed by atoms with Gasteiger partial charge in [0.2, 0.25) is 0 Å². The van der Waals surface area contributed by atoms with E-state index in [0.717, 1.165) is 37.6 Å². The fourth-order valence-electron chi connectivity index (χ4n) is 1.89. The van der Waals surface area contributed by atoms with Crippen LogP contribution in [0.5, 0.6) is 5.75 Å². The van der Waals surface area contributed by atoms with Crippen molar-refractivity contribution in [2.75, 3.05) is 18.5 Å². The molecular formula is C13H20N2O2.